The fourth-order valence-corrected chi connectivity index (χ4v) is 2.75. The van der Waals surface area contributed by atoms with E-state index in [9.17, 15) is 9.59 Å². The molecule has 1 aliphatic rings. The molecule has 21 heavy (non-hydrogen) atoms. The molecule has 0 radical (unpaired) electrons. The standard InChI is InChI=1S/C17H20N2O2/c1-4-15(20)12-7-8-14-13(11-12)17(2,3)16(21)19(14)10-6-5-9-18/h7-8,11H,4-6,10H2,1-3H3. The van der Waals surface area contributed by atoms with E-state index in [1.807, 2.05) is 32.9 Å². The van der Waals surface area contributed by atoms with E-state index in [1.54, 1.807) is 11.0 Å². The van der Waals surface area contributed by atoms with Gasteiger partial charge in [0.05, 0.1) is 11.5 Å². The van der Waals surface area contributed by atoms with Crippen LogP contribution in [0.3, 0.4) is 0 Å². The average molecular weight is 284 g/mol. The first-order valence-electron chi connectivity index (χ1n) is 7.30. The predicted molar refractivity (Wildman–Crippen MR) is 81.3 cm³/mol. The number of hydrogen-bond acceptors (Lipinski definition) is 3. The number of carbonyl (C=O) groups is 2. The van der Waals surface area contributed by atoms with Crippen molar-refractivity contribution in [1.82, 2.24) is 0 Å². The molecule has 0 fully saturated rings. The van der Waals surface area contributed by atoms with Crippen LogP contribution in [0.4, 0.5) is 5.69 Å². The van der Waals surface area contributed by atoms with Crippen molar-refractivity contribution in [3.63, 3.8) is 0 Å². The van der Waals surface area contributed by atoms with Crippen LogP contribution in [0.5, 0.6) is 0 Å². The van der Waals surface area contributed by atoms with E-state index in [1.165, 1.54) is 0 Å². The van der Waals surface area contributed by atoms with Gasteiger partial charge in [-0.15, -0.1) is 0 Å². The van der Waals surface area contributed by atoms with Gasteiger partial charge >= 0.3 is 0 Å². The molecule has 1 amide bonds. The van der Waals surface area contributed by atoms with Crippen molar-refractivity contribution in [3.05, 3.63) is 29.3 Å². The highest BCUT2D eigenvalue weighted by Crippen LogP contribution is 2.42. The van der Waals surface area contributed by atoms with Crippen LogP contribution in [0.1, 0.15) is 56.0 Å². The van der Waals surface area contributed by atoms with E-state index in [4.69, 9.17) is 5.26 Å². The third kappa shape index (κ3) is 2.56. The highest BCUT2D eigenvalue weighted by Gasteiger charge is 2.43. The fraction of sp³-hybridized carbons (Fsp3) is 0.471. The number of carbonyl (C=O) groups excluding carboxylic acids is 2. The Bertz CT molecular complexity index is 626. The van der Waals surface area contributed by atoms with Crippen LogP contribution >= 0.6 is 0 Å². The van der Waals surface area contributed by atoms with Crippen molar-refractivity contribution in [2.75, 3.05) is 11.4 Å². The van der Waals surface area contributed by atoms with E-state index >= 15 is 0 Å². The molecule has 1 heterocycles. The van der Waals surface area contributed by atoms with Crippen LogP contribution in [-0.4, -0.2) is 18.2 Å². The van der Waals surface area contributed by atoms with Crippen molar-refractivity contribution in [2.24, 2.45) is 0 Å². The molecule has 1 aromatic rings. The summed E-state index contributed by atoms with van der Waals surface area (Å²) in [6.45, 7) is 6.15. The molecule has 0 atom stereocenters. The van der Waals surface area contributed by atoms with Crippen LogP contribution in [0.2, 0.25) is 0 Å². The van der Waals surface area contributed by atoms with Gasteiger partial charge < -0.3 is 4.90 Å². The zero-order chi connectivity index (χ0) is 15.6. The number of amides is 1. The number of Topliss-reactive ketones (excluding diaryl/α,β-unsaturated/α-hetero) is 1. The molecule has 0 saturated carbocycles. The van der Waals surface area contributed by atoms with Gasteiger partial charge in [-0.25, -0.2) is 0 Å². The van der Waals surface area contributed by atoms with Crippen LogP contribution < -0.4 is 4.90 Å². The zero-order valence-corrected chi connectivity index (χ0v) is 12.8. The van der Waals surface area contributed by atoms with Gasteiger partial charge in [-0.1, -0.05) is 6.92 Å². The highest BCUT2D eigenvalue weighted by atomic mass is 16.2. The number of ketones is 1. The molecule has 4 nitrogen and oxygen atoms in total. The summed E-state index contributed by atoms with van der Waals surface area (Å²) in [5.41, 5.74) is 1.82. The molecule has 0 unspecified atom stereocenters. The number of fused-ring (bicyclic) bond motifs is 1. The fourth-order valence-electron chi connectivity index (χ4n) is 2.75. The number of benzene rings is 1. The van der Waals surface area contributed by atoms with Crippen molar-refractivity contribution in [2.45, 2.75) is 45.4 Å². The highest BCUT2D eigenvalue weighted by molar-refractivity contribution is 6.08. The van der Waals surface area contributed by atoms with E-state index in [2.05, 4.69) is 6.07 Å². The second-order valence-electron chi connectivity index (χ2n) is 5.85. The van der Waals surface area contributed by atoms with Crippen LogP contribution in [0, 0.1) is 11.3 Å². The lowest BCUT2D eigenvalue weighted by Crippen LogP contribution is -2.36. The normalized spacial score (nSPS) is 15.7. The summed E-state index contributed by atoms with van der Waals surface area (Å²) in [6.07, 6.45) is 1.55. The molecule has 110 valence electrons. The third-order valence-electron chi connectivity index (χ3n) is 4.05. The summed E-state index contributed by atoms with van der Waals surface area (Å²) in [4.78, 5) is 26.2. The van der Waals surface area contributed by atoms with Gasteiger partial charge in [-0.2, -0.15) is 5.26 Å². The first-order valence-corrected chi connectivity index (χ1v) is 7.30. The average Bonchev–Trinajstić information content (AvgIpc) is 2.67. The smallest absolute Gasteiger partial charge is 0.237 e. The summed E-state index contributed by atoms with van der Waals surface area (Å²) in [6, 6.07) is 7.60. The molecule has 0 saturated heterocycles. The molecule has 1 aliphatic heterocycles. The molecule has 1 aromatic carbocycles. The van der Waals surface area contributed by atoms with E-state index in [0.717, 1.165) is 11.3 Å². The third-order valence-corrected chi connectivity index (χ3v) is 4.05. The van der Waals surface area contributed by atoms with Gasteiger partial charge in [-0.3, -0.25) is 9.59 Å². The Morgan fingerprint density at radius 3 is 2.71 bits per heavy atom. The number of nitrogens with zero attached hydrogens (tertiary/aromatic N) is 2. The molecule has 0 bridgehead atoms. The first-order chi connectivity index (χ1) is 9.93. The summed E-state index contributed by atoms with van der Waals surface area (Å²) >= 11 is 0. The van der Waals surface area contributed by atoms with Gasteiger partial charge in [0, 0.05) is 30.6 Å². The SMILES string of the molecule is CCC(=O)c1ccc2c(c1)C(C)(C)C(=O)N2CCCC#N. The van der Waals surface area contributed by atoms with Gasteiger partial charge in [0.2, 0.25) is 5.91 Å². The summed E-state index contributed by atoms with van der Waals surface area (Å²) < 4.78 is 0. The monoisotopic (exact) mass is 284 g/mol. The van der Waals surface area contributed by atoms with Crippen LogP contribution in [-0.2, 0) is 10.2 Å². The minimum absolute atomic E-state index is 0.0385. The summed E-state index contributed by atoms with van der Waals surface area (Å²) in [5.74, 6) is 0.125. The Hall–Kier alpha value is -2.15. The number of unbranched alkanes of at least 4 members (excludes halogenated alkanes) is 1. The molecule has 0 spiro atoms. The summed E-state index contributed by atoms with van der Waals surface area (Å²) in [7, 11) is 0. The summed E-state index contributed by atoms with van der Waals surface area (Å²) in [5, 5.41) is 8.64. The topological polar surface area (TPSA) is 61.2 Å². The lowest BCUT2D eigenvalue weighted by Gasteiger charge is -2.19. The van der Waals surface area contributed by atoms with Gasteiger partial charge in [0.1, 0.15) is 0 Å². The van der Waals surface area contributed by atoms with Crippen molar-refractivity contribution < 1.29 is 9.59 Å². The van der Waals surface area contributed by atoms with Crippen molar-refractivity contribution in [3.8, 4) is 6.07 Å². The van der Waals surface area contributed by atoms with Gasteiger partial charge in [0.15, 0.2) is 5.78 Å². The molecular weight excluding hydrogens is 264 g/mol. The van der Waals surface area contributed by atoms with E-state index < -0.39 is 5.41 Å². The number of anilines is 1. The maximum absolute atomic E-state index is 12.6. The number of rotatable bonds is 5. The predicted octanol–water partition coefficient (Wildman–Crippen LogP) is 3.21. The molecule has 0 aromatic heterocycles. The quantitative estimate of drug-likeness (QED) is 0.616. The van der Waals surface area contributed by atoms with E-state index in [0.29, 0.717) is 31.4 Å². The second kappa shape index (κ2) is 5.69. The minimum Gasteiger partial charge on any atom is -0.311 e. The van der Waals surface area contributed by atoms with Crippen molar-refractivity contribution in [1.29, 1.82) is 5.26 Å². The number of nitriles is 1. The maximum atomic E-state index is 12.6. The largest absolute Gasteiger partial charge is 0.311 e. The molecule has 0 aliphatic carbocycles. The molecule has 0 N–H and O–H groups in total. The molecular formula is C17H20N2O2. The van der Waals surface area contributed by atoms with E-state index in [-0.39, 0.29) is 11.7 Å². The Morgan fingerprint density at radius 1 is 1.38 bits per heavy atom. The molecule has 4 heteroatoms. The van der Waals surface area contributed by atoms with Gasteiger partial charge in [0.25, 0.3) is 0 Å². The van der Waals surface area contributed by atoms with Gasteiger partial charge in [-0.05, 0) is 44.0 Å². The van der Waals surface area contributed by atoms with Crippen LogP contribution in [0.25, 0.3) is 0 Å². The number of hydrogen-bond donors (Lipinski definition) is 0. The van der Waals surface area contributed by atoms with Crippen molar-refractivity contribution >= 4 is 17.4 Å². The zero-order valence-electron chi connectivity index (χ0n) is 12.8. The van der Waals surface area contributed by atoms with Crippen LogP contribution in [0.15, 0.2) is 18.2 Å². The lowest BCUT2D eigenvalue weighted by atomic mass is 9.85. The first kappa shape index (κ1) is 15.2. The Kier molecular flexibility index (Phi) is 4.13. The lowest BCUT2D eigenvalue weighted by molar-refractivity contribution is -0.122. The Balaban J connectivity index is 2.39. The molecule has 2 rings (SSSR count). The second-order valence-corrected chi connectivity index (χ2v) is 5.85. The maximum Gasteiger partial charge on any atom is 0.237 e. The Labute approximate surface area is 125 Å². The Morgan fingerprint density at radius 2 is 2.10 bits per heavy atom. The minimum atomic E-state index is -0.619.